The smallest absolute Gasteiger partial charge is 0.330 e. The van der Waals surface area contributed by atoms with Crippen LogP contribution in [0, 0.1) is 23.7 Å². The highest BCUT2D eigenvalue weighted by Crippen LogP contribution is 2.35. The number of hydrazone groups is 1. The highest BCUT2D eigenvalue weighted by molar-refractivity contribution is 7.22. The Kier molecular flexibility index (Phi) is 27.8. The fourth-order valence-electron chi connectivity index (χ4n) is 9.70. The van der Waals surface area contributed by atoms with Gasteiger partial charge in [0.2, 0.25) is 5.13 Å². The molecule has 19 heteroatoms. The van der Waals surface area contributed by atoms with Crippen LogP contribution in [-0.4, -0.2) is 93.0 Å². The van der Waals surface area contributed by atoms with Crippen molar-refractivity contribution in [3.8, 4) is 34.5 Å². The number of fused-ring (bicyclic) bond motifs is 1. The predicted molar refractivity (Wildman–Crippen MR) is 320 cm³/mol. The molecule has 4 aromatic carbocycles. The predicted octanol–water partition coefficient (Wildman–Crippen LogP) is 13.1. The lowest BCUT2D eigenvalue weighted by Gasteiger charge is -2.27. The zero-order chi connectivity index (χ0) is 59.0. The normalized spacial score (nSPS) is 16.8. The van der Waals surface area contributed by atoms with Gasteiger partial charge in [0.05, 0.1) is 67.9 Å². The third kappa shape index (κ3) is 22.7. The molecule has 452 valence electrons. The summed E-state index contributed by atoms with van der Waals surface area (Å²) in [6, 6.07) is 27.4. The number of benzene rings is 4. The third-order valence-corrected chi connectivity index (χ3v) is 15.7. The van der Waals surface area contributed by atoms with Gasteiger partial charge >= 0.3 is 23.9 Å². The number of aliphatic hydroxyl groups excluding tert-OH is 1. The number of carbonyl (C=O) groups excluding carboxylic acids is 4. The number of nitrogens with zero attached hydrogens (tertiary/aromatic N) is 3. The first-order chi connectivity index (χ1) is 41.2. The minimum Gasteiger partial charge on any atom is -0.494 e. The van der Waals surface area contributed by atoms with Crippen LogP contribution in [0.4, 0.5) is 5.13 Å². The van der Waals surface area contributed by atoms with Crippen molar-refractivity contribution in [2.75, 3.05) is 57.8 Å². The second-order valence-corrected chi connectivity index (χ2v) is 22.0. The van der Waals surface area contributed by atoms with Crippen LogP contribution < -0.4 is 33.7 Å². The maximum Gasteiger partial charge on any atom is 0.330 e. The highest BCUT2D eigenvalue weighted by Gasteiger charge is 2.30. The van der Waals surface area contributed by atoms with E-state index in [9.17, 15) is 24.3 Å². The molecule has 2 saturated carbocycles. The van der Waals surface area contributed by atoms with Crippen LogP contribution >= 0.6 is 11.3 Å². The molecule has 0 radical (unpaired) electrons. The summed E-state index contributed by atoms with van der Waals surface area (Å²) in [5.41, 5.74) is 1.40. The number of thiazole rings is 1. The largest absolute Gasteiger partial charge is 0.494 e. The summed E-state index contributed by atoms with van der Waals surface area (Å²) in [5, 5.41) is 17.0. The quantitative estimate of drug-likeness (QED) is 0.00741. The van der Waals surface area contributed by atoms with Gasteiger partial charge < -0.3 is 43.3 Å². The van der Waals surface area contributed by atoms with Crippen molar-refractivity contribution in [3.63, 3.8) is 0 Å². The van der Waals surface area contributed by atoms with Gasteiger partial charge in [-0.2, -0.15) is 14.9 Å². The van der Waals surface area contributed by atoms with Crippen LogP contribution in [0.1, 0.15) is 128 Å². The zero-order valence-electron chi connectivity index (χ0n) is 48.1. The average molecular weight is 1180 g/mol. The molecule has 0 amide bonds. The van der Waals surface area contributed by atoms with Crippen LogP contribution in [0.25, 0.3) is 10.2 Å². The molecule has 1 N–H and O–H groups in total. The molecular weight excluding hydrogens is 1090 g/mol. The summed E-state index contributed by atoms with van der Waals surface area (Å²) in [5.74, 6) is 1.70. The Hall–Kier alpha value is -7.32. The van der Waals surface area contributed by atoms with E-state index in [1.807, 2.05) is 41.4 Å². The van der Waals surface area contributed by atoms with Crippen molar-refractivity contribution in [2.24, 2.45) is 28.8 Å². The Balaban J connectivity index is 0.862. The van der Waals surface area contributed by atoms with Crippen molar-refractivity contribution >= 4 is 56.8 Å². The highest BCUT2D eigenvalue weighted by atomic mass is 32.1. The van der Waals surface area contributed by atoms with Gasteiger partial charge in [-0.3, -0.25) is 9.59 Å². The Morgan fingerprint density at radius 3 is 1.63 bits per heavy atom. The van der Waals surface area contributed by atoms with Crippen LogP contribution in [0.5, 0.6) is 34.5 Å². The number of hydrogen-bond acceptors (Lipinski definition) is 19. The molecule has 7 rings (SSSR count). The molecule has 18 nitrogen and oxygen atoms in total. The molecule has 0 saturated heterocycles. The van der Waals surface area contributed by atoms with Gasteiger partial charge in [0.1, 0.15) is 23.0 Å². The molecule has 1 aromatic heterocycles. The third-order valence-electron chi connectivity index (χ3n) is 14.6. The molecule has 0 unspecified atom stereocenters. The van der Waals surface area contributed by atoms with E-state index in [4.69, 9.17) is 58.1 Å². The minimum absolute atomic E-state index is 0.114. The topological polar surface area (TPSA) is 209 Å². The van der Waals surface area contributed by atoms with E-state index in [0.29, 0.717) is 113 Å². The fraction of sp³-hybridized carbons (Fsp3) is 0.477. The SMILES string of the molecule is C=CC(=O)OCCCCCCOc1ccc(OOCC2CCC(C(=O)Oc3ccc(OOCC4CCC(C(=O)Oc5ccc(OCCCCCCOC(=O)C=C)cc5)CC4)c(/C=N/N(CCCCCO)c4nc5ccccc5s4)c3)CC2)cc1. The average Bonchev–Trinajstić information content (AvgIpc) is 4.09. The van der Waals surface area contributed by atoms with Gasteiger partial charge in [-0.05, 0) is 213 Å². The number of hydrogen-bond donors (Lipinski definition) is 1. The van der Waals surface area contributed by atoms with E-state index in [-0.39, 0.29) is 42.2 Å². The Bertz CT molecular complexity index is 2790. The number of para-hydroxylation sites is 1. The summed E-state index contributed by atoms with van der Waals surface area (Å²) < 4.78 is 34.6. The van der Waals surface area contributed by atoms with E-state index in [1.165, 1.54) is 17.4 Å². The Morgan fingerprint density at radius 2 is 1.07 bits per heavy atom. The van der Waals surface area contributed by atoms with Crippen molar-refractivity contribution in [2.45, 2.75) is 122 Å². The first-order valence-electron chi connectivity index (χ1n) is 29.6. The number of esters is 4. The zero-order valence-corrected chi connectivity index (χ0v) is 48.9. The van der Waals surface area contributed by atoms with Crippen LogP contribution in [-0.2, 0) is 38.4 Å². The van der Waals surface area contributed by atoms with Gasteiger partial charge in [0.15, 0.2) is 11.5 Å². The van der Waals surface area contributed by atoms with E-state index < -0.39 is 11.9 Å². The van der Waals surface area contributed by atoms with Gasteiger partial charge in [-0.25, -0.2) is 19.6 Å². The number of carbonyl (C=O) groups is 4. The lowest BCUT2D eigenvalue weighted by Crippen LogP contribution is -2.27. The van der Waals surface area contributed by atoms with Gasteiger partial charge in [0, 0.05) is 30.9 Å². The molecule has 5 aromatic rings. The summed E-state index contributed by atoms with van der Waals surface area (Å²) in [6.45, 7) is 10.1. The number of ether oxygens (including phenoxy) is 6. The van der Waals surface area contributed by atoms with Gasteiger partial charge in [-0.15, -0.1) is 0 Å². The summed E-state index contributed by atoms with van der Waals surface area (Å²) in [6.07, 6.45) is 19.1. The van der Waals surface area contributed by atoms with E-state index in [1.54, 1.807) is 60.8 Å². The number of anilines is 1. The van der Waals surface area contributed by atoms with Gasteiger partial charge in [0.25, 0.3) is 0 Å². The second kappa shape index (κ2) is 36.4. The molecular formula is C65H81N3O15S. The lowest BCUT2D eigenvalue weighted by molar-refractivity contribution is -0.218. The standard InChI is InChI=1S/C65H81N3O15S/c1-3-61(70)76-42-16-7-5-14-40-74-53-28-32-55(33-29-53)80-63(72)50-24-22-49(23-25-50)47-79-83-59-37-36-57(44-52(59)45-66-68(38-12-9-13-39-69)65-67-58-18-10-11-19-60(58)84-65)81-64(73)51-26-20-48(21-27-51)46-78-82-56-34-30-54(31-35-56)75-41-15-6-8-17-43-77-62(71)4-2/h3-4,10-11,18-19,28-37,44-45,48-51,69H,1-2,5-9,12-17,20-27,38-43,46-47H2/b66-45+. The molecule has 0 aliphatic heterocycles. The molecule has 0 atom stereocenters. The molecule has 1 heterocycles. The van der Waals surface area contributed by atoms with Crippen molar-refractivity contribution in [3.05, 3.63) is 122 Å². The van der Waals surface area contributed by atoms with E-state index in [0.717, 1.165) is 117 Å². The molecule has 0 bridgehead atoms. The maximum atomic E-state index is 13.7. The molecule has 84 heavy (non-hydrogen) atoms. The molecule has 2 aliphatic carbocycles. The van der Waals surface area contributed by atoms with Crippen LogP contribution in [0.2, 0.25) is 0 Å². The van der Waals surface area contributed by atoms with E-state index >= 15 is 0 Å². The molecule has 0 spiro atoms. The molecule has 2 aliphatic rings. The molecule has 2 fully saturated rings. The van der Waals surface area contributed by atoms with Crippen LogP contribution in [0.15, 0.2) is 121 Å². The monoisotopic (exact) mass is 1180 g/mol. The Labute approximate surface area is 496 Å². The maximum absolute atomic E-state index is 13.7. The number of aliphatic hydroxyl groups is 1. The fourth-order valence-corrected chi connectivity index (χ4v) is 10.6. The summed E-state index contributed by atoms with van der Waals surface area (Å²) >= 11 is 1.54. The Morgan fingerprint density at radius 1 is 0.571 bits per heavy atom. The number of unbranched alkanes of at least 4 members (excludes halogenated alkanes) is 8. The number of rotatable bonds is 38. The van der Waals surface area contributed by atoms with Crippen LogP contribution in [0.3, 0.4) is 0 Å². The minimum atomic E-state index is -0.403. The second-order valence-electron chi connectivity index (χ2n) is 21.0. The van der Waals surface area contributed by atoms with Crippen molar-refractivity contribution in [1.82, 2.24) is 4.98 Å². The summed E-state index contributed by atoms with van der Waals surface area (Å²) in [4.78, 5) is 77.2. The lowest BCUT2D eigenvalue weighted by atomic mass is 9.82. The first-order valence-corrected chi connectivity index (χ1v) is 30.5. The summed E-state index contributed by atoms with van der Waals surface area (Å²) in [7, 11) is 0. The van der Waals surface area contributed by atoms with Gasteiger partial charge in [-0.1, -0.05) is 36.6 Å². The first kappa shape index (κ1) is 64.2. The van der Waals surface area contributed by atoms with Crippen molar-refractivity contribution in [1.29, 1.82) is 0 Å². The van der Waals surface area contributed by atoms with Crippen molar-refractivity contribution < 1.29 is 72.3 Å². The number of aromatic nitrogens is 1. The van der Waals surface area contributed by atoms with E-state index in [2.05, 4.69) is 13.2 Å².